The number of rotatable bonds is 10. The second kappa shape index (κ2) is 11.2. The van der Waals surface area contributed by atoms with Gasteiger partial charge in [-0.3, -0.25) is 9.59 Å². The third-order valence-electron chi connectivity index (χ3n) is 4.47. The molecule has 0 spiro atoms. The molecule has 0 saturated carbocycles. The SMILES string of the molecule is Cc1nc(COc2cccc(C(=O)OCC(=O)N(CCC(N)=O)c3ccc(F)cc3)c2)cs1. The Morgan fingerprint density at radius 3 is 2.58 bits per heavy atom. The first-order valence-corrected chi connectivity index (χ1v) is 10.8. The predicted molar refractivity (Wildman–Crippen MR) is 120 cm³/mol. The second-order valence-electron chi connectivity index (χ2n) is 6.99. The first kappa shape index (κ1) is 23.9. The molecule has 1 aromatic heterocycles. The lowest BCUT2D eigenvalue weighted by atomic mass is 10.2. The molecule has 3 aromatic rings. The van der Waals surface area contributed by atoms with E-state index in [9.17, 15) is 18.8 Å². The molecule has 1 heterocycles. The molecule has 2 N–H and O–H groups in total. The number of primary amides is 1. The van der Waals surface area contributed by atoms with Crippen molar-refractivity contribution in [3.63, 3.8) is 0 Å². The van der Waals surface area contributed by atoms with Gasteiger partial charge < -0.3 is 20.1 Å². The van der Waals surface area contributed by atoms with Crippen molar-refractivity contribution >= 4 is 34.8 Å². The lowest BCUT2D eigenvalue weighted by molar-refractivity contribution is -0.121. The topological polar surface area (TPSA) is 112 Å². The monoisotopic (exact) mass is 471 g/mol. The fourth-order valence-electron chi connectivity index (χ4n) is 2.87. The molecule has 0 aliphatic carbocycles. The van der Waals surface area contributed by atoms with Crippen LogP contribution in [0.1, 0.15) is 27.5 Å². The van der Waals surface area contributed by atoms with E-state index in [-0.39, 0.29) is 25.1 Å². The summed E-state index contributed by atoms with van der Waals surface area (Å²) in [6, 6.07) is 11.5. The van der Waals surface area contributed by atoms with E-state index in [1.54, 1.807) is 12.1 Å². The highest BCUT2D eigenvalue weighted by Crippen LogP contribution is 2.18. The molecule has 10 heteroatoms. The quantitative estimate of drug-likeness (QED) is 0.455. The number of thiazole rings is 1. The van der Waals surface area contributed by atoms with Gasteiger partial charge in [0.25, 0.3) is 5.91 Å². The lowest BCUT2D eigenvalue weighted by Crippen LogP contribution is -2.37. The molecule has 172 valence electrons. The van der Waals surface area contributed by atoms with Crippen molar-refractivity contribution in [3.8, 4) is 5.75 Å². The molecular weight excluding hydrogens is 449 g/mol. The number of ether oxygens (including phenoxy) is 2. The minimum atomic E-state index is -0.715. The van der Waals surface area contributed by atoms with E-state index in [1.165, 1.54) is 52.6 Å². The third-order valence-corrected chi connectivity index (χ3v) is 5.29. The molecule has 0 bridgehead atoms. The highest BCUT2D eigenvalue weighted by atomic mass is 32.1. The number of carbonyl (C=O) groups excluding carboxylic acids is 3. The molecule has 33 heavy (non-hydrogen) atoms. The number of hydrogen-bond donors (Lipinski definition) is 1. The van der Waals surface area contributed by atoms with Gasteiger partial charge >= 0.3 is 5.97 Å². The third kappa shape index (κ3) is 7.11. The van der Waals surface area contributed by atoms with Crippen LogP contribution >= 0.6 is 11.3 Å². The van der Waals surface area contributed by atoms with E-state index in [1.807, 2.05) is 12.3 Å². The molecule has 8 nitrogen and oxygen atoms in total. The summed E-state index contributed by atoms with van der Waals surface area (Å²) in [6.07, 6.45) is -0.102. The molecule has 2 amide bonds. The second-order valence-corrected chi connectivity index (χ2v) is 8.05. The van der Waals surface area contributed by atoms with Crippen LogP contribution in [0.5, 0.6) is 5.75 Å². The van der Waals surface area contributed by atoms with E-state index in [0.717, 1.165) is 10.7 Å². The average Bonchev–Trinajstić information content (AvgIpc) is 3.22. The molecule has 0 saturated heterocycles. The van der Waals surface area contributed by atoms with Crippen molar-refractivity contribution in [3.05, 3.63) is 76.0 Å². The van der Waals surface area contributed by atoms with Gasteiger partial charge in [-0.15, -0.1) is 11.3 Å². The standard InChI is InChI=1S/C23H22FN3O5S/c1-15-26-18(14-33-15)12-31-20-4-2-3-16(11-20)23(30)32-13-22(29)27(10-9-21(25)28)19-7-5-17(24)6-8-19/h2-8,11,14H,9-10,12-13H2,1H3,(H2,25,28). The molecule has 2 aromatic carbocycles. The fourth-order valence-corrected chi connectivity index (χ4v) is 3.47. The van der Waals surface area contributed by atoms with Gasteiger partial charge in [0.05, 0.1) is 16.3 Å². The number of halogens is 1. The summed E-state index contributed by atoms with van der Waals surface area (Å²) in [5, 5.41) is 2.82. The van der Waals surface area contributed by atoms with Crippen molar-refractivity contribution in [2.45, 2.75) is 20.0 Å². The molecule has 0 fully saturated rings. The van der Waals surface area contributed by atoms with Gasteiger partial charge in [-0.05, 0) is 49.4 Å². The molecular formula is C23H22FN3O5S. The molecule has 0 unspecified atom stereocenters. The zero-order chi connectivity index (χ0) is 23.8. The molecule has 0 radical (unpaired) electrons. The Bertz CT molecular complexity index is 1130. The first-order valence-electron chi connectivity index (χ1n) is 9.97. The van der Waals surface area contributed by atoms with E-state index in [4.69, 9.17) is 15.2 Å². The highest BCUT2D eigenvalue weighted by Gasteiger charge is 2.19. The van der Waals surface area contributed by atoms with Crippen molar-refractivity contribution in [2.75, 3.05) is 18.1 Å². The number of amides is 2. The summed E-state index contributed by atoms with van der Waals surface area (Å²) in [7, 11) is 0. The predicted octanol–water partition coefficient (Wildman–Crippen LogP) is 3.24. The Labute approximate surface area is 193 Å². The molecule has 0 aliphatic rings. The van der Waals surface area contributed by atoms with Crippen LogP contribution in [-0.2, 0) is 20.9 Å². The smallest absolute Gasteiger partial charge is 0.338 e. The fraction of sp³-hybridized carbons (Fsp3) is 0.217. The van der Waals surface area contributed by atoms with Crippen LogP contribution in [0, 0.1) is 12.7 Å². The maximum absolute atomic E-state index is 13.2. The van der Waals surface area contributed by atoms with Crippen molar-refractivity contribution < 1.29 is 28.2 Å². The van der Waals surface area contributed by atoms with Gasteiger partial charge in [0.15, 0.2) is 6.61 Å². The number of carbonyl (C=O) groups is 3. The normalized spacial score (nSPS) is 10.5. The Kier molecular flexibility index (Phi) is 8.09. The van der Waals surface area contributed by atoms with Crippen LogP contribution in [0.4, 0.5) is 10.1 Å². The number of anilines is 1. The van der Waals surface area contributed by atoms with E-state index < -0.39 is 30.2 Å². The van der Waals surface area contributed by atoms with Gasteiger partial charge in [-0.25, -0.2) is 14.2 Å². The number of esters is 1. The van der Waals surface area contributed by atoms with E-state index in [2.05, 4.69) is 4.98 Å². The number of aryl methyl sites for hydroxylation is 1. The van der Waals surface area contributed by atoms with Gasteiger partial charge in [0, 0.05) is 24.0 Å². The Balaban J connectivity index is 1.61. The number of benzene rings is 2. The maximum Gasteiger partial charge on any atom is 0.338 e. The van der Waals surface area contributed by atoms with Crippen molar-refractivity contribution in [2.24, 2.45) is 5.73 Å². The molecule has 3 rings (SSSR count). The van der Waals surface area contributed by atoms with E-state index >= 15 is 0 Å². The largest absolute Gasteiger partial charge is 0.487 e. The summed E-state index contributed by atoms with van der Waals surface area (Å²) in [5.74, 6) is -1.92. The first-order chi connectivity index (χ1) is 15.8. The van der Waals surface area contributed by atoms with Crippen LogP contribution in [0.2, 0.25) is 0 Å². The summed E-state index contributed by atoms with van der Waals surface area (Å²) in [6.45, 7) is 1.56. The average molecular weight is 472 g/mol. The van der Waals surface area contributed by atoms with E-state index in [0.29, 0.717) is 11.4 Å². The van der Waals surface area contributed by atoms with Crippen LogP contribution in [0.3, 0.4) is 0 Å². The number of nitrogens with zero attached hydrogens (tertiary/aromatic N) is 2. The number of aromatic nitrogens is 1. The molecule has 0 atom stereocenters. The van der Waals surface area contributed by atoms with Gasteiger partial charge in [-0.1, -0.05) is 6.07 Å². The Hall–Kier alpha value is -3.79. The summed E-state index contributed by atoms with van der Waals surface area (Å²) >= 11 is 1.52. The van der Waals surface area contributed by atoms with Gasteiger partial charge in [-0.2, -0.15) is 0 Å². The van der Waals surface area contributed by atoms with Gasteiger partial charge in [0.2, 0.25) is 5.91 Å². The van der Waals surface area contributed by atoms with Crippen LogP contribution in [0.25, 0.3) is 0 Å². The summed E-state index contributed by atoms with van der Waals surface area (Å²) in [5.41, 5.74) is 6.53. The van der Waals surface area contributed by atoms with Crippen LogP contribution in [-0.4, -0.2) is 35.9 Å². The summed E-state index contributed by atoms with van der Waals surface area (Å²) < 4.78 is 24.1. The number of nitrogens with two attached hydrogens (primary N) is 1. The van der Waals surface area contributed by atoms with Crippen molar-refractivity contribution in [1.82, 2.24) is 4.98 Å². The minimum absolute atomic E-state index is 0.0310. The summed E-state index contributed by atoms with van der Waals surface area (Å²) in [4.78, 5) is 41.8. The van der Waals surface area contributed by atoms with Crippen LogP contribution in [0.15, 0.2) is 53.9 Å². The number of hydrogen-bond acceptors (Lipinski definition) is 7. The van der Waals surface area contributed by atoms with Gasteiger partial charge in [0.1, 0.15) is 18.2 Å². The zero-order valence-electron chi connectivity index (χ0n) is 17.8. The Morgan fingerprint density at radius 1 is 1.15 bits per heavy atom. The highest BCUT2D eigenvalue weighted by molar-refractivity contribution is 7.09. The maximum atomic E-state index is 13.2. The van der Waals surface area contributed by atoms with Crippen LogP contribution < -0.4 is 15.4 Å². The Morgan fingerprint density at radius 2 is 1.91 bits per heavy atom. The lowest BCUT2D eigenvalue weighted by Gasteiger charge is -2.22. The molecule has 0 aliphatic heterocycles. The zero-order valence-corrected chi connectivity index (χ0v) is 18.6. The minimum Gasteiger partial charge on any atom is -0.487 e. The van der Waals surface area contributed by atoms with Crippen molar-refractivity contribution in [1.29, 1.82) is 0 Å².